The second-order valence-electron chi connectivity index (χ2n) is 8.12. The summed E-state index contributed by atoms with van der Waals surface area (Å²) in [5.74, 6) is 1.11. The highest BCUT2D eigenvalue weighted by molar-refractivity contribution is 7.12. The normalized spacial score (nSPS) is 20.7. The van der Waals surface area contributed by atoms with Gasteiger partial charge in [-0.05, 0) is 48.3 Å². The second kappa shape index (κ2) is 7.68. The van der Waals surface area contributed by atoms with Crippen molar-refractivity contribution in [2.24, 2.45) is 5.41 Å². The Morgan fingerprint density at radius 3 is 2.63 bits per heavy atom. The molecule has 154 valence electrons. The summed E-state index contributed by atoms with van der Waals surface area (Å²) < 4.78 is 1.96. The van der Waals surface area contributed by atoms with Crippen LogP contribution in [0, 0.1) is 5.41 Å². The van der Waals surface area contributed by atoms with E-state index in [0.717, 1.165) is 55.2 Å². The van der Waals surface area contributed by atoms with Gasteiger partial charge in [-0.1, -0.05) is 24.3 Å². The van der Waals surface area contributed by atoms with Gasteiger partial charge >= 0.3 is 0 Å². The lowest BCUT2D eigenvalue weighted by molar-refractivity contribution is 0.0772. The molecule has 8 heteroatoms. The fraction of sp³-hybridized carbons (Fsp3) is 0.364. The molecule has 2 aliphatic rings. The zero-order chi connectivity index (χ0) is 20.6. The van der Waals surface area contributed by atoms with E-state index >= 15 is 0 Å². The molecule has 2 aromatic heterocycles. The van der Waals surface area contributed by atoms with Crippen LogP contribution in [0.25, 0.3) is 0 Å². The summed E-state index contributed by atoms with van der Waals surface area (Å²) >= 11 is 1.50. The lowest BCUT2D eigenvalue weighted by atomic mass is 9.80. The van der Waals surface area contributed by atoms with Gasteiger partial charge in [-0.25, -0.2) is 0 Å². The van der Waals surface area contributed by atoms with Crippen molar-refractivity contribution in [1.82, 2.24) is 19.7 Å². The monoisotopic (exact) mass is 421 g/mol. The first-order valence-corrected chi connectivity index (χ1v) is 11.1. The summed E-state index contributed by atoms with van der Waals surface area (Å²) in [6, 6.07) is 13.2. The number of amides is 2. The molecule has 1 fully saturated rings. The predicted octanol–water partition coefficient (Wildman–Crippen LogP) is 3.46. The molecule has 7 nitrogen and oxygen atoms in total. The van der Waals surface area contributed by atoms with Gasteiger partial charge in [0.05, 0.1) is 4.88 Å². The number of carbonyl (C=O) groups is 2. The molecule has 0 saturated carbocycles. The number of carbonyl (C=O) groups excluding carboxylic acids is 2. The van der Waals surface area contributed by atoms with E-state index < -0.39 is 0 Å². The third-order valence-electron chi connectivity index (χ3n) is 6.26. The smallest absolute Gasteiger partial charge is 0.293 e. The Bertz CT molecular complexity index is 1060. The van der Waals surface area contributed by atoms with Crippen molar-refractivity contribution < 1.29 is 9.59 Å². The van der Waals surface area contributed by atoms with Gasteiger partial charge in [0.15, 0.2) is 0 Å². The standard InChI is InChI=1S/C22H23N5O2S/c28-20(23-16-5-2-1-3-6-16)19-25-24-18-8-9-22(11-13-27(18)19)10-12-26(15-22)21(29)17-7-4-14-30-17/h1-7,14H,8-13,15H2,(H,23,28)/t22-/m1/s1. The number of thiophene rings is 1. The minimum absolute atomic E-state index is 0.0841. The average Bonchev–Trinajstić information content (AvgIpc) is 3.49. The summed E-state index contributed by atoms with van der Waals surface area (Å²) in [6.45, 7) is 2.26. The third-order valence-corrected chi connectivity index (χ3v) is 7.12. The largest absolute Gasteiger partial charge is 0.337 e. The van der Waals surface area contributed by atoms with Crippen LogP contribution in [0.2, 0.25) is 0 Å². The van der Waals surface area contributed by atoms with E-state index in [1.165, 1.54) is 11.3 Å². The van der Waals surface area contributed by atoms with Crippen molar-refractivity contribution in [3.63, 3.8) is 0 Å². The van der Waals surface area contributed by atoms with E-state index in [9.17, 15) is 9.59 Å². The number of aromatic nitrogens is 3. The molecule has 2 aliphatic heterocycles. The summed E-state index contributed by atoms with van der Waals surface area (Å²) in [7, 11) is 0. The lowest BCUT2D eigenvalue weighted by Crippen LogP contribution is -2.32. The Balaban J connectivity index is 1.29. The topological polar surface area (TPSA) is 80.1 Å². The van der Waals surface area contributed by atoms with Gasteiger partial charge in [-0.2, -0.15) is 0 Å². The highest BCUT2D eigenvalue weighted by Gasteiger charge is 2.41. The number of hydrogen-bond acceptors (Lipinski definition) is 5. The molecule has 3 aromatic rings. The van der Waals surface area contributed by atoms with Crippen LogP contribution in [-0.2, 0) is 13.0 Å². The van der Waals surface area contributed by atoms with E-state index in [1.807, 2.05) is 57.3 Å². The molecule has 2 amide bonds. The number of nitrogens with zero attached hydrogens (tertiary/aromatic N) is 4. The van der Waals surface area contributed by atoms with E-state index in [1.54, 1.807) is 0 Å². The number of benzene rings is 1. The number of likely N-dealkylation sites (tertiary alicyclic amines) is 1. The molecule has 0 bridgehead atoms. The predicted molar refractivity (Wildman–Crippen MR) is 115 cm³/mol. The zero-order valence-corrected chi connectivity index (χ0v) is 17.4. The number of hydrogen-bond donors (Lipinski definition) is 1. The lowest BCUT2D eigenvalue weighted by Gasteiger charge is -2.27. The van der Waals surface area contributed by atoms with Crippen LogP contribution >= 0.6 is 11.3 Å². The first kappa shape index (κ1) is 19.0. The van der Waals surface area contributed by atoms with Gasteiger partial charge in [-0.15, -0.1) is 21.5 Å². The van der Waals surface area contributed by atoms with Gasteiger partial charge < -0.3 is 14.8 Å². The molecule has 1 spiro atoms. The summed E-state index contributed by atoms with van der Waals surface area (Å²) in [5, 5.41) is 13.3. The number of anilines is 1. The Morgan fingerprint density at radius 1 is 1.00 bits per heavy atom. The average molecular weight is 422 g/mol. The Morgan fingerprint density at radius 2 is 1.83 bits per heavy atom. The Labute approximate surface area is 178 Å². The van der Waals surface area contributed by atoms with Crippen molar-refractivity contribution >= 4 is 28.8 Å². The van der Waals surface area contributed by atoms with E-state index in [-0.39, 0.29) is 17.2 Å². The van der Waals surface area contributed by atoms with Crippen LogP contribution in [0.3, 0.4) is 0 Å². The SMILES string of the molecule is O=C(Nc1ccccc1)c1nnc2n1CC[C@@]1(CC2)CCN(C(=O)c2cccs2)C1. The zero-order valence-electron chi connectivity index (χ0n) is 16.6. The molecule has 0 radical (unpaired) electrons. The van der Waals surface area contributed by atoms with Crippen molar-refractivity contribution in [2.45, 2.75) is 32.2 Å². The first-order chi connectivity index (χ1) is 14.6. The molecule has 30 heavy (non-hydrogen) atoms. The fourth-order valence-electron chi connectivity index (χ4n) is 4.56. The van der Waals surface area contributed by atoms with Crippen molar-refractivity contribution in [2.75, 3.05) is 18.4 Å². The van der Waals surface area contributed by atoms with Crippen LogP contribution in [0.1, 0.15) is 45.4 Å². The van der Waals surface area contributed by atoms with E-state index in [2.05, 4.69) is 15.5 Å². The number of aryl methyl sites for hydroxylation is 1. The number of nitrogens with one attached hydrogen (secondary N) is 1. The van der Waals surface area contributed by atoms with E-state index in [0.29, 0.717) is 12.4 Å². The molecule has 4 heterocycles. The number of para-hydroxylation sites is 1. The molecule has 1 aromatic carbocycles. The second-order valence-corrected chi connectivity index (χ2v) is 9.06. The van der Waals surface area contributed by atoms with Crippen LogP contribution in [0.5, 0.6) is 0 Å². The maximum atomic E-state index is 12.8. The van der Waals surface area contributed by atoms with Crippen molar-refractivity contribution in [3.05, 3.63) is 64.4 Å². The molecule has 0 aliphatic carbocycles. The molecule has 1 saturated heterocycles. The summed E-state index contributed by atoms with van der Waals surface area (Å²) in [6.07, 6.45) is 3.64. The van der Waals surface area contributed by atoms with Gasteiger partial charge in [0.25, 0.3) is 11.8 Å². The Hall–Kier alpha value is -3.00. The van der Waals surface area contributed by atoms with Gasteiger partial charge in [-0.3, -0.25) is 9.59 Å². The molecular weight excluding hydrogens is 398 g/mol. The quantitative estimate of drug-likeness (QED) is 0.702. The van der Waals surface area contributed by atoms with Gasteiger partial charge in [0.1, 0.15) is 5.82 Å². The maximum Gasteiger partial charge on any atom is 0.293 e. The third kappa shape index (κ3) is 3.52. The van der Waals surface area contributed by atoms with Crippen LogP contribution < -0.4 is 5.32 Å². The maximum absolute atomic E-state index is 12.8. The number of fused-ring (bicyclic) bond motifs is 1. The van der Waals surface area contributed by atoms with Crippen molar-refractivity contribution in [1.29, 1.82) is 0 Å². The highest BCUT2D eigenvalue weighted by Crippen LogP contribution is 2.41. The molecule has 0 unspecified atom stereocenters. The summed E-state index contributed by atoms with van der Waals surface area (Å²) in [4.78, 5) is 28.3. The van der Waals surface area contributed by atoms with Crippen molar-refractivity contribution in [3.8, 4) is 0 Å². The van der Waals surface area contributed by atoms with Gasteiger partial charge in [0.2, 0.25) is 5.82 Å². The highest BCUT2D eigenvalue weighted by atomic mass is 32.1. The van der Waals surface area contributed by atoms with Crippen LogP contribution in [0.4, 0.5) is 5.69 Å². The Kier molecular flexibility index (Phi) is 4.86. The van der Waals surface area contributed by atoms with Crippen LogP contribution in [0.15, 0.2) is 47.8 Å². The molecule has 1 N–H and O–H groups in total. The minimum atomic E-state index is -0.239. The van der Waals surface area contributed by atoms with Gasteiger partial charge in [0, 0.05) is 31.7 Å². The molecule has 5 rings (SSSR count). The summed E-state index contributed by atoms with van der Waals surface area (Å²) in [5.41, 5.74) is 0.823. The van der Waals surface area contributed by atoms with E-state index in [4.69, 9.17) is 0 Å². The molecule has 1 atom stereocenters. The van der Waals surface area contributed by atoms with Crippen LogP contribution in [-0.4, -0.2) is 44.6 Å². The first-order valence-electron chi connectivity index (χ1n) is 10.2. The fourth-order valence-corrected chi connectivity index (χ4v) is 5.25. The molecular formula is C22H23N5O2S. The minimum Gasteiger partial charge on any atom is -0.337 e. The number of rotatable bonds is 3.